The van der Waals surface area contributed by atoms with Crippen LogP contribution in [0.1, 0.15) is 0 Å². The van der Waals surface area contributed by atoms with Gasteiger partial charge in [-0.3, -0.25) is 4.79 Å². The van der Waals surface area contributed by atoms with Crippen molar-refractivity contribution in [3.05, 3.63) is 54.1 Å². The average molecular weight is 377 g/mol. The van der Waals surface area contributed by atoms with Gasteiger partial charge in [-0.15, -0.1) is 5.10 Å². The molecule has 27 heavy (non-hydrogen) atoms. The van der Waals surface area contributed by atoms with Crippen molar-refractivity contribution >= 4 is 34.7 Å². The maximum Gasteiger partial charge on any atom is 0.253 e. The second-order valence-electron chi connectivity index (χ2n) is 5.89. The molecule has 1 aliphatic rings. The Morgan fingerprint density at radius 2 is 1.89 bits per heavy atom. The molecule has 0 aliphatic carbocycles. The van der Waals surface area contributed by atoms with Gasteiger partial charge in [-0.1, -0.05) is 23.9 Å². The van der Waals surface area contributed by atoms with E-state index in [1.807, 2.05) is 48.2 Å². The lowest BCUT2D eigenvalue weighted by molar-refractivity contribution is -0.112. The number of hydrogen-bond acceptors (Lipinski definition) is 8. The molecule has 0 saturated heterocycles. The number of Topliss-reactive ketones (excluding diaryl/α,β-unsaturated/α-hetero) is 1. The summed E-state index contributed by atoms with van der Waals surface area (Å²) in [7, 11) is 3.70. The smallest absolute Gasteiger partial charge is 0.253 e. The zero-order valence-electron chi connectivity index (χ0n) is 14.7. The fraction of sp³-hybridized carbons (Fsp3) is 0.167. The molecule has 0 unspecified atom stereocenters. The van der Waals surface area contributed by atoms with Gasteiger partial charge < -0.3 is 9.80 Å². The molecule has 0 saturated carbocycles. The second-order valence-corrected chi connectivity index (χ2v) is 6.83. The van der Waals surface area contributed by atoms with E-state index < -0.39 is 0 Å². The second kappa shape index (κ2) is 6.74. The highest BCUT2D eigenvalue weighted by Gasteiger charge is 2.31. The van der Waals surface area contributed by atoms with Crippen LogP contribution < -0.4 is 9.80 Å². The third kappa shape index (κ3) is 2.90. The summed E-state index contributed by atoms with van der Waals surface area (Å²) in [5.41, 5.74) is 2.03. The number of carbonyl (C=O) groups is 1. The number of aromatic nitrogens is 4. The fourth-order valence-corrected chi connectivity index (χ4v) is 3.73. The number of anilines is 2. The van der Waals surface area contributed by atoms with Gasteiger partial charge in [-0.25, -0.2) is 9.50 Å². The fourth-order valence-electron chi connectivity index (χ4n) is 3.03. The van der Waals surface area contributed by atoms with Crippen LogP contribution in [0.25, 0.3) is 5.78 Å². The average Bonchev–Trinajstić information content (AvgIpc) is 3.21. The Bertz CT molecular complexity index is 1050. The maximum atomic E-state index is 12.8. The van der Waals surface area contributed by atoms with E-state index in [-0.39, 0.29) is 17.1 Å². The molecule has 9 heteroatoms. The van der Waals surface area contributed by atoms with Crippen molar-refractivity contribution in [1.29, 1.82) is 5.26 Å². The molecule has 8 nitrogen and oxygen atoms in total. The van der Waals surface area contributed by atoms with Gasteiger partial charge in [0.2, 0.25) is 5.16 Å². The number of nitrogens with zero attached hydrogens (tertiary/aromatic N) is 7. The molecule has 1 aromatic carbocycles. The van der Waals surface area contributed by atoms with E-state index in [1.165, 1.54) is 11.8 Å². The van der Waals surface area contributed by atoms with E-state index in [0.717, 1.165) is 11.4 Å². The van der Waals surface area contributed by atoms with Crippen molar-refractivity contribution in [2.45, 2.75) is 5.16 Å². The van der Waals surface area contributed by atoms with Gasteiger partial charge in [0.25, 0.3) is 5.78 Å². The minimum atomic E-state index is -0.268. The van der Waals surface area contributed by atoms with Crippen LogP contribution in [-0.2, 0) is 4.79 Å². The largest absolute Gasteiger partial charge is 0.328 e. The van der Waals surface area contributed by atoms with Gasteiger partial charge in [-0.2, -0.15) is 10.2 Å². The van der Waals surface area contributed by atoms with E-state index in [1.54, 1.807) is 23.0 Å². The molecule has 0 fully saturated rings. The standard InChI is InChI=1S/C18H15N7OS/c1-23-13-6-3-4-7-14(13)24(2)16(23)12(10-19)15(26)11-27-18-21-17-20-8-5-9-25(17)22-18/h3-9H,11H2,1-2H3. The number of benzene rings is 1. The third-order valence-corrected chi connectivity index (χ3v) is 5.12. The molecule has 0 N–H and O–H groups in total. The van der Waals surface area contributed by atoms with Gasteiger partial charge in [-0.05, 0) is 18.2 Å². The van der Waals surface area contributed by atoms with Crippen LogP contribution in [0.15, 0.2) is 59.3 Å². The molecule has 3 heterocycles. The highest BCUT2D eigenvalue weighted by Crippen LogP contribution is 2.40. The number of nitriles is 1. The van der Waals surface area contributed by atoms with E-state index >= 15 is 0 Å². The number of carbonyl (C=O) groups excluding carboxylic acids is 1. The summed E-state index contributed by atoms with van der Waals surface area (Å²) in [6.07, 6.45) is 3.37. The maximum absolute atomic E-state index is 12.8. The van der Waals surface area contributed by atoms with Gasteiger partial charge in [0, 0.05) is 26.5 Å². The Kier molecular flexibility index (Phi) is 4.25. The summed E-state index contributed by atoms with van der Waals surface area (Å²) in [4.78, 5) is 24.9. The predicted molar refractivity (Wildman–Crippen MR) is 102 cm³/mol. The Labute approximate surface area is 159 Å². The number of thioether (sulfide) groups is 1. The SMILES string of the molecule is CN1C(=C(C#N)C(=O)CSc2nc3ncccn3n2)N(C)c2ccccc21. The summed E-state index contributed by atoms with van der Waals surface area (Å²) in [5.74, 6) is 0.850. The lowest BCUT2D eigenvalue weighted by Gasteiger charge is -2.19. The van der Waals surface area contributed by atoms with Crippen LogP contribution in [0, 0.1) is 11.3 Å². The van der Waals surface area contributed by atoms with Gasteiger partial charge in [0.1, 0.15) is 17.5 Å². The van der Waals surface area contributed by atoms with Crippen molar-refractivity contribution in [3.8, 4) is 6.07 Å². The lowest BCUT2D eigenvalue weighted by atomic mass is 10.2. The van der Waals surface area contributed by atoms with Crippen molar-refractivity contribution < 1.29 is 4.79 Å². The number of hydrogen-bond donors (Lipinski definition) is 0. The highest BCUT2D eigenvalue weighted by atomic mass is 32.2. The Hall–Kier alpha value is -3.38. The first-order valence-electron chi connectivity index (χ1n) is 8.14. The summed E-state index contributed by atoms with van der Waals surface area (Å²) in [6.45, 7) is 0. The number of fused-ring (bicyclic) bond motifs is 2. The first-order valence-corrected chi connectivity index (χ1v) is 9.13. The van der Waals surface area contributed by atoms with Gasteiger partial charge >= 0.3 is 0 Å². The zero-order chi connectivity index (χ0) is 19.0. The first-order chi connectivity index (χ1) is 13.1. The first kappa shape index (κ1) is 17.1. The van der Waals surface area contributed by atoms with E-state index in [0.29, 0.717) is 16.8 Å². The Balaban J connectivity index is 1.58. The number of rotatable bonds is 4. The number of allylic oxidation sites excluding steroid dienone is 1. The normalized spacial score (nSPS) is 13.0. The van der Waals surface area contributed by atoms with E-state index in [2.05, 4.69) is 21.1 Å². The van der Waals surface area contributed by atoms with E-state index in [4.69, 9.17) is 0 Å². The van der Waals surface area contributed by atoms with Crippen molar-refractivity contribution in [2.75, 3.05) is 29.6 Å². The zero-order valence-corrected chi connectivity index (χ0v) is 15.5. The number of para-hydroxylation sites is 2. The minimum absolute atomic E-state index is 0.0707. The molecule has 3 aromatic rings. The third-order valence-electron chi connectivity index (χ3n) is 4.28. The van der Waals surface area contributed by atoms with Gasteiger partial charge in [0.15, 0.2) is 5.78 Å². The molecule has 134 valence electrons. The van der Waals surface area contributed by atoms with Gasteiger partial charge in [0.05, 0.1) is 17.1 Å². The quantitative estimate of drug-likeness (QED) is 0.388. The molecule has 0 bridgehead atoms. The van der Waals surface area contributed by atoms with Crippen LogP contribution >= 0.6 is 11.8 Å². The Morgan fingerprint density at radius 3 is 2.52 bits per heavy atom. The minimum Gasteiger partial charge on any atom is -0.328 e. The highest BCUT2D eigenvalue weighted by molar-refractivity contribution is 7.99. The van der Waals surface area contributed by atoms with Crippen molar-refractivity contribution in [3.63, 3.8) is 0 Å². The molecule has 0 amide bonds. The molecule has 0 atom stereocenters. The molecular formula is C18H15N7OS. The number of ketones is 1. The topological polar surface area (TPSA) is 90.4 Å². The molecule has 1 aliphatic heterocycles. The summed E-state index contributed by atoms with van der Waals surface area (Å²) < 4.78 is 1.55. The molecule has 0 radical (unpaired) electrons. The monoisotopic (exact) mass is 377 g/mol. The van der Waals surface area contributed by atoms with E-state index in [9.17, 15) is 10.1 Å². The van der Waals surface area contributed by atoms with Crippen LogP contribution in [0.2, 0.25) is 0 Å². The lowest BCUT2D eigenvalue weighted by Crippen LogP contribution is -2.26. The predicted octanol–water partition coefficient (Wildman–Crippen LogP) is 2.11. The van der Waals surface area contributed by atoms with Crippen LogP contribution in [0.4, 0.5) is 11.4 Å². The van der Waals surface area contributed by atoms with Crippen LogP contribution in [-0.4, -0.2) is 45.2 Å². The molecule has 2 aromatic heterocycles. The molecule has 0 spiro atoms. The Morgan fingerprint density at radius 1 is 1.19 bits per heavy atom. The summed E-state index contributed by atoms with van der Waals surface area (Å²) >= 11 is 1.19. The van der Waals surface area contributed by atoms with Crippen molar-refractivity contribution in [1.82, 2.24) is 19.6 Å². The van der Waals surface area contributed by atoms with Crippen LogP contribution in [0.3, 0.4) is 0 Å². The van der Waals surface area contributed by atoms with Crippen molar-refractivity contribution in [2.24, 2.45) is 0 Å². The summed E-state index contributed by atoms with van der Waals surface area (Å²) in [5, 5.41) is 14.4. The van der Waals surface area contributed by atoms with Crippen LogP contribution in [0.5, 0.6) is 0 Å². The summed E-state index contributed by atoms with van der Waals surface area (Å²) in [6, 6.07) is 11.6. The molecular weight excluding hydrogens is 362 g/mol. The molecule has 4 rings (SSSR count).